The smallest absolute Gasteiger partial charge is 0.346 e. The van der Waals surface area contributed by atoms with Crippen LogP contribution < -0.4 is 11.5 Å². The number of carbonyl (C=O) groups excluding carboxylic acids is 2. The molecule has 3 aromatic rings. The first-order valence-electron chi connectivity index (χ1n) is 8.99. The number of hydrogen-bond donors (Lipinski definition) is 2. The van der Waals surface area contributed by atoms with Gasteiger partial charge >= 0.3 is 11.9 Å². The van der Waals surface area contributed by atoms with Gasteiger partial charge in [-0.3, -0.25) is 0 Å². The highest BCUT2D eigenvalue weighted by atomic mass is 16.6. The third kappa shape index (κ3) is 6.46. The maximum Gasteiger partial charge on any atom is 0.346 e. The first-order valence-corrected chi connectivity index (χ1v) is 8.99. The summed E-state index contributed by atoms with van der Waals surface area (Å²) in [6.07, 6.45) is 0.987. The number of hydrogen-bond acceptors (Lipinski definition) is 5. The molecule has 0 amide bonds. The largest absolute Gasteiger partial charge is 0.386 e. The molecule has 4 N–H and O–H groups in total. The maximum absolute atomic E-state index is 10.8. The van der Waals surface area contributed by atoms with Crippen LogP contribution in [0.2, 0.25) is 0 Å². The molecule has 0 aromatic heterocycles. The molecule has 5 nitrogen and oxygen atoms in total. The molecule has 0 aliphatic carbocycles. The summed E-state index contributed by atoms with van der Waals surface area (Å²) in [4.78, 5) is 21.7. The average molecular weight is 376 g/mol. The van der Waals surface area contributed by atoms with E-state index in [9.17, 15) is 9.59 Å². The fraction of sp³-hybridized carbons (Fsp3) is 0.130. The lowest BCUT2D eigenvalue weighted by atomic mass is 10.1. The molecule has 5 heteroatoms. The van der Waals surface area contributed by atoms with Crippen LogP contribution in [-0.2, 0) is 17.7 Å². The topological polar surface area (TPSA) is 95.4 Å². The lowest BCUT2D eigenvalue weighted by Crippen LogP contribution is -2.01. The van der Waals surface area contributed by atoms with E-state index in [1.165, 1.54) is 11.1 Å². The summed E-state index contributed by atoms with van der Waals surface area (Å²) in [6, 6.07) is 26.8. The van der Waals surface area contributed by atoms with E-state index < -0.39 is 11.9 Å². The summed E-state index contributed by atoms with van der Waals surface area (Å²) >= 11 is 0. The van der Waals surface area contributed by atoms with Crippen molar-refractivity contribution >= 4 is 11.9 Å². The normalized spacial score (nSPS) is 11.4. The van der Waals surface area contributed by atoms with Crippen LogP contribution in [0.5, 0.6) is 0 Å². The Hall–Kier alpha value is -3.28. The molecule has 144 valence electrons. The molecule has 1 aliphatic rings. The van der Waals surface area contributed by atoms with Gasteiger partial charge in [0.1, 0.15) is 0 Å². The van der Waals surface area contributed by atoms with Crippen LogP contribution in [0, 0.1) is 0 Å². The van der Waals surface area contributed by atoms with Gasteiger partial charge in [0.25, 0.3) is 0 Å². The van der Waals surface area contributed by atoms with Crippen LogP contribution >= 0.6 is 0 Å². The van der Waals surface area contributed by atoms with Gasteiger partial charge in [-0.1, -0.05) is 72.8 Å². The Morgan fingerprint density at radius 1 is 0.607 bits per heavy atom. The van der Waals surface area contributed by atoms with E-state index in [-0.39, 0.29) is 0 Å². The Morgan fingerprint density at radius 2 is 1.04 bits per heavy atom. The Kier molecular flexibility index (Phi) is 8.59. The van der Waals surface area contributed by atoms with Gasteiger partial charge < -0.3 is 16.2 Å². The molecular formula is C23H24N2O3. The van der Waals surface area contributed by atoms with Crippen LogP contribution in [0.25, 0.3) is 0 Å². The second-order valence-corrected chi connectivity index (χ2v) is 5.94. The number of carbonyl (C=O) groups is 2. The van der Waals surface area contributed by atoms with E-state index >= 15 is 0 Å². The molecular weight excluding hydrogens is 352 g/mol. The monoisotopic (exact) mass is 376 g/mol. The highest BCUT2D eigenvalue weighted by Gasteiger charge is 2.28. The van der Waals surface area contributed by atoms with Crippen molar-refractivity contribution < 1.29 is 14.3 Å². The number of benzene rings is 3. The molecule has 0 radical (unpaired) electrons. The van der Waals surface area contributed by atoms with Crippen molar-refractivity contribution in [3.05, 3.63) is 107 Å². The Morgan fingerprint density at radius 3 is 1.43 bits per heavy atom. The lowest BCUT2D eigenvalue weighted by Gasteiger charge is -1.93. The third-order valence-corrected chi connectivity index (χ3v) is 3.91. The molecule has 4 rings (SSSR count). The van der Waals surface area contributed by atoms with E-state index in [0.717, 1.165) is 13.0 Å². The summed E-state index contributed by atoms with van der Waals surface area (Å²) in [5.74, 6) is -1.10. The fourth-order valence-electron chi connectivity index (χ4n) is 2.46. The van der Waals surface area contributed by atoms with E-state index in [0.29, 0.717) is 17.7 Å². The summed E-state index contributed by atoms with van der Waals surface area (Å²) in [7, 11) is 0. The first-order chi connectivity index (χ1) is 13.7. The Labute approximate surface area is 164 Å². The van der Waals surface area contributed by atoms with Crippen molar-refractivity contribution in [2.24, 2.45) is 11.5 Å². The van der Waals surface area contributed by atoms with Crippen LogP contribution in [0.3, 0.4) is 0 Å². The van der Waals surface area contributed by atoms with Crippen molar-refractivity contribution in [2.45, 2.75) is 13.0 Å². The van der Waals surface area contributed by atoms with Gasteiger partial charge in [0.15, 0.2) is 0 Å². The van der Waals surface area contributed by atoms with Gasteiger partial charge in [0.05, 0.1) is 11.1 Å². The quantitative estimate of drug-likeness (QED) is 0.540. The van der Waals surface area contributed by atoms with Gasteiger partial charge in [-0.15, -0.1) is 0 Å². The molecule has 1 aliphatic heterocycles. The molecule has 0 unspecified atom stereocenters. The molecule has 0 saturated carbocycles. The molecule has 0 bridgehead atoms. The Balaban J connectivity index is 0.000000153. The predicted octanol–water partition coefficient (Wildman–Crippen LogP) is 3.33. The molecule has 0 fully saturated rings. The van der Waals surface area contributed by atoms with Crippen LogP contribution in [0.1, 0.15) is 31.8 Å². The average Bonchev–Trinajstić information content (AvgIpc) is 3.05. The van der Waals surface area contributed by atoms with Gasteiger partial charge in [0.2, 0.25) is 0 Å². The number of esters is 2. The zero-order chi connectivity index (χ0) is 20.2. The minimum Gasteiger partial charge on any atom is -0.386 e. The van der Waals surface area contributed by atoms with Gasteiger partial charge in [-0.25, -0.2) is 9.59 Å². The standard InChI is InChI=1S/C8H11N.C8H4O3.C7H9N/c9-7-6-8-4-2-1-3-5-8;9-7-5-3-1-2-4-6(5)8(10)11-7;8-6-7-4-2-1-3-5-7/h1-5H,6-7,9H2;1-4H;1-5H,6,8H2. The van der Waals surface area contributed by atoms with Crippen molar-refractivity contribution in [1.82, 2.24) is 0 Å². The molecule has 0 saturated heterocycles. The van der Waals surface area contributed by atoms with Crippen LogP contribution in [0.4, 0.5) is 0 Å². The number of nitrogens with two attached hydrogens (primary N) is 2. The minimum absolute atomic E-state index is 0.359. The minimum atomic E-state index is -0.550. The van der Waals surface area contributed by atoms with E-state index in [1.807, 2.05) is 48.5 Å². The van der Waals surface area contributed by atoms with E-state index in [1.54, 1.807) is 24.3 Å². The van der Waals surface area contributed by atoms with Gasteiger partial charge in [0, 0.05) is 6.54 Å². The summed E-state index contributed by atoms with van der Waals surface area (Å²) in [6.45, 7) is 1.38. The zero-order valence-electron chi connectivity index (χ0n) is 15.6. The molecule has 28 heavy (non-hydrogen) atoms. The number of ether oxygens (including phenoxy) is 1. The first kappa shape index (κ1) is 21.0. The second kappa shape index (κ2) is 11.4. The fourth-order valence-corrected chi connectivity index (χ4v) is 2.46. The number of fused-ring (bicyclic) bond motifs is 1. The molecule has 3 aromatic carbocycles. The summed E-state index contributed by atoms with van der Waals surface area (Å²) < 4.78 is 4.35. The van der Waals surface area contributed by atoms with Gasteiger partial charge in [-0.2, -0.15) is 0 Å². The SMILES string of the molecule is NCCc1ccccc1.NCc1ccccc1.O=C1OC(=O)c2ccccc21. The van der Waals surface area contributed by atoms with Crippen molar-refractivity contribution in [1.29, 1.82) is 0 Å². The lowest BCUT2D eigenvalue weighted by molar-refractivity contribution is 0.0444. The van der Waals surface area contributed by atoms with E-state index in [2.05, 4.69) is 16.9 Å². The molecule has 0 spiro atoms. The van der Waals surface area contributed by atoms with Crippen molar-refractivity contribution in [2.75, 3.05) is 6.54 Å². The molecule has 1 heterocycles. The van der Waals surface area contributed by atoms with E-state index in [4.69, 9.17) is 11.5 Å². The second-order valence-electron chi connectivity index (χ2n) is 5.94. The maximum atomic E-state index is 10.8. The van der Waals surface area contributed by atoms with Crippen LogP contribution in [0.15, 0.2) is 84.9 Å². The zero-order valence-corrected chi connectivity index (χ0v) is 15.6. The van der Waals surface area contributed by atoms with Crippen molar-refractivity contribution in [3.63, 3.8) is 0 Å². The number of rotatable bonds is 3. The summed E-state index contributed by atoms with van der Waals surface area (Å²) in [5.41, 5.74) is 13.9. The van der Waals surface area contributed by atoms with Crippen LogP contribution in [-0.4, -0.2) is 18.5 Å². The molecule has 0 atom stereocenters. The highest BCUT2D eigenvalue weighted by molar-refractivity contribution is 6.14. The third-order valence-electron chi connectivity index (χ3n) is 3.91. The Bertz CT molecular complexity index is 848. The highest BCUT2D eigenvalue weighted by Crippen LogP contribution is 2.18. The summed E-state index contributed by atoms with van der Waals surface area (Å²) in [5, 5.41) is 0. The number of cyclic esters (lactones) is 2. The van der Waals surface area contributed by atoms with Gasteiger partial charge in [-0.05, 0) is 36.2 Å². The predicted molar refractivity (Wildman–Crippen MR) is 110 cm³/mol. The van der Waals surface area contributed by atoms with Crippen molar-refractivity contribution in [3.8, 4) is 0 Å².